The van der Waals surface area contributed by atoms with Crippen LogP contribution >= 0.6 is 0 Å². The number of nitriles is 1. The summed E-state index contributed by atoms with van der Waals surface area (Å²) < 4.78 is 0. The molecule has 1 aromatic carbocycles. The van der Waals surface area contributed by atoms with E-state index in [2.05, 4.69) is 27.9 Å². The van der Waals surface area contributed by atoms with Crippen LogP contribution in [0.3, 0.4) is 0 Å². The minimum absolute atomic E-state index is 0.0527. The van der Waals surface area contributed by atoms with Gasteiger partial charge in [0, 0.05) is 30.6 Å². The highest BCUT2D eigenvalue weighted by Crippen LogP contribution is 2.31. The number of aryl methyl sites for hydroxylation is 1. The van der Waals surface area contributed by atoms with Crippen LogP contribution in [0.25, 0.3) is 10.9 Å². The summed E-state index contributed by atoms with van der Waals surface area (Å²) in [5, 5.41) is 10.9. The van der Waals surface area contributed by atoms with Crippen molar-refractivity contribution in [3.63, 3.8) is 0 Å². The Bertz CT molecular complexity index is 921. The first-order valence-corrected chi connectivity index (χ1v) is 8.86. The van der Waals surface area contributed by atoms with Crippen molar-refractivity contribution in [3.8, 4) is 6.07 Å². The number of likely N-dealkylation sites (N-methyl/N-ethyl adjacent to an activating group) is 1. The smallest absolute Gasteiger partial charge is 0.251 e. The maximum absolute atomic E-state index is 12.1. The molecule has 1 aliphatic rings. The van der Waals surface area contributed by atoms with Gasteiger partial charge >= 0.3 is 0 Å². The Labute approximate surface area is 148 Å². The van der Waals surface area contributed by atoms with Crippen molar-refractivity contribution in [2.24, 2.45) is 4.99 Å². The molecule has 0 saturated carbocycles. The molecule has 0 fully saturated rings. The van der Waals surface area contributed by atoms with Crippen LogP contribution in [-0.2, 0) is 11.8 Å². The van der Waals surface area contributed by atoms with E-state index in [4.69, 9.17) is 0 Å². The topological polar surface area (TPSA) is 72.2 Å². The van der Waals surface area contributed by atoms with Gasteiger partial charge in [0.15, 0.2) is 0 Å². The van der Waals surface area contributed by atoms with Crippen molar-refractivity contribution < 1.29 is 0 Å². The van der Waals surface area contributed by atoms with Crippen LogP contribution in [0.2, 0.25) is 0 Å². The number of hydrogen-bond donors (Lipinski definition) is 1. The Morgan fingerprint density at radius 3 is 2.84 bits per heavy atom. The largest absolute Gasteiger partial charge is 0.359 e. The standard InChI is InChI=1S/C20H24N4O/c1-4-14-10-15-6-7-16(11-17(15)23-19(14)25)20(3,13-21)12-18-22-8-9-24(18)5-2/h6-7,10-11H,4-5,8-9,12H2,1-3H3,(H,23,25). The molecule has 1 N–H and O–H groups in total. The lowest BCUT2D eigenvalue weighted by Gasteiger charge is -2.26. The normalized spacial score (nSPS) is 16.6. The van der Waals surface area contributed by atoms with E-state index in [1.165, 1.54) is 0 Å². The van der Waals surface area contributed by atoms with Gasteiger partial charge < -0.3 is 9.88 Å². The molecule has 0 aliphatic carbocycles. The van der Waals surface area contributed by atoms with Gasteiger partial charge in [0.05, 0.1) is 18.0 Å². The van der Waals surface area contributed by atoms with E-state index in [0.29, 0.717) is 12.8 Å². The van der Waals surface area contributed by atoms with E-state index < -0.39 is 5.41 Å². The Morgan fingerprint density at radius 1 is 1.36 bits per heavy atom. The first-order valence-electron chi connectivity index (χ1n) is 8.86. The van der Waals surface area contributed by atoms with E-state index in [9.17, 15) is 10.1 Å². The van der Waals surface area contributed by atoms with Gasteiger partial charge in [-0.2, -0.15) is 5.26 Å². The summed E-state index contributed by atoms with van der Waals surface area (Å²) in [6, 6.07) is 10.3. The van der Waals surface area contributed by atoms with Crippen molar-refractivity contribution in [3.05, 3.63) is 45.7 Å². The third-order valence-corrected chi connectivity index (χ3v) is 5.11. The first kappa shape index (κ1) is 17.2. The van der Waals surface area contributed by atoms with Crippen molar-refractivity contribution in [2.75, 3.05) is 19.6 Å². The predicted octanol–water partition coefficient (Wildman–Crippen LogP) is 3.00. The zero-order chi connectivity index (χ0) is 18.0. The Balaban J connectivity index is 2.00. The summed E-state index contributed by atoms with van der Waals surface area (Å²) in [5.41, 5.74) is 1.74. The predicted molar refractivity (Wildman–Crippen MR) is 101 cm³/mol. The van der Waals surface area contributed by atoms with Crippen LogP contribution in [0.1, 0.15) is 38.3 Å². The summed E-state index contributed by atoms with van der Waals surface area (Å²) >= 11 is 0. The highest BCUT2D eigenvalue weighted by Gasteiger charge is 2.31. The van der Waals surface area contributed by atoms with E-state index in [1.807, 2.05) is 38.1 Å². The third-order valence-electron chi connectivity index (χ3n) is 5.11. The molecule has 3 rings (SSSR count). The summed E-state index contributed by atoms with van der Waals surface area (Å²) in [6.45, 7) is 8.66. The van der Waals surface area contributed by atoms with Gasteiger partial charge in [-0.1, -0.05) is 19.1 Å². The number of amidine groups is 1. The molecule has 1 aromatic heterocycles. The van der Waals surface area contributed by atoms with Gasteiger partial charge in [-0.15, -0.1) is 0 Å². The number of hydrogen-bond acceptors (Lipinski definition) is 4. The molecule has 1 atom stereocenters. The number of nitrogens with one attached hydrogen (secondary N) is 1. The number of nitrogens with zero attached hydrogens (tertiary/aromatic N) is 3. The van der Waals surface area contributed by atoms with Crippen LogP contribution in [-0.4, -0.2) is 35.4 Å². The summed E-state index contributed by atoms with van der Waals surface area (Å²) in [5.74, 6) is 1.00. The minimum atomic E-state index is -0.675. The van der Waals surface area contributed by atoms with Crippen LogP contribution < -0.4 is 5.56 Å². The fraction of sp³-hybridized carbons (Fsp3) is 0.450. The molecular formula is C20H24N4O. The summed E-state index contributed by atoms with van der Waals surface area (Å²) in [6.07, 6.45) is 1.29. The molecule has 25 heavy (non-hydrogen) atoms. The van der Waals surface area contributed by atoms with E-state index in [1.54, 1.807) is 0 Å². The fourth-order valence-corrected chi connectivity index (χ4v) is 3.41. The van der Waals surface area contributed by atoms with Gasteiger partial charge in [0.1, 0.15) is 5.84 Å². The molecule has 0 saturated heterocycles. The minimum Gasteiger partial charge on any atom is -0.359 e. The number of pyridine rings is 1. The van der Waals surface area contributed by atoms with Gasteiger partial charge in [-0.25, -0.2) is 0 Å². The highest BCUT2D eigenvalue weighted by molar-refractivity contribution is 5.86. The molecule has 1 unspecified atom stereocenters. The maximum atomic E-state index is 12.1. The quantitative estimate of drug-likeness (QED) is 0.912. The Kier molecular flexibility index (Phi) is 4.63. The first-order chi connectivity index (χ1) is 12.0. The zero-order valence-electron chi connectivity index (χ0n) is 15.1. The van der Waals surface area contributed by atoms with Crippen LogP contribution in [0.5, 0.6) is 0 Å². The van der Waals surface area contributed by atoms with E-state index >= 15 is 0 Å². The second-order valence-electron chi connectivity index (χ2n) is 6.78. The SMILES string of the molecule is CCc1cc2ccc(C(C)(C#N)CC3=NCCN3CC)cc2[nH]c1=O. The van der Waals surface area contributed by atoms with Crippen LogP contribution in [0, 0.1) is 11.3 Å². The van der Waals surface area contributed by atoms with Crippen molar-refractivity contribution in [1.82, 2.24) is 9.88 Å². The van der Waals surface area contributed by atoms with Gasteiger partial charge in [0.2, 0.25) is 0 Å². The molecule has 2 aromatic rings. The molecule has 0 spiro atoms. The number of aromatic nitrogens is 1. The second-order valence-corrected chi connectivity index (χ2v) is 6.78. The lowest BCUT2D eigenvalue weighted by atomic mass is 9.80. The van der Waals surface area contributed by atoms with Gasteiger partial charge in [0.25, 0.3) is 5.56 Å². The summed E-state index contributed by atoms with van der Waals surface area (Å²) in [7, 11) is 0. The molecule has 5 nitrogen and oxygen atoms in total. The average Bonchev–Trinajstić information content (AvgIpc) is 3.07. The molecular weight excluding hydrogens is 312 g/mol. The van der Waals surface area contributed by atoms with E-state index in [0.717, 1.165) is 47.5 Å². The molecule has 0 radical (unpaired) electrons. The lowest BCUT2D eigenvalue weighted by Crippen LogP contribution is -2.33. The number of rotatable bonds is 5. The van der Waals surface area contributed by atoms with Gasteiger partial charge in [-0.3, -0.25) is 9.79 Å². The third kappa shape index (κ3) is 3.17. The van der Waals surface area contributed by atoms with E-state index in [-0.39, 0.29) is 5.56 Å². The molecule has 0 bridgehead atoms. The molecule has 1 aliphatic heterocycles. The van der Waals surface area contributed by atoms with Crippen molar-refractivity contribution in [2.45, 2.75) is 39.0 Å². The Morgan fingerprint density at radius 2 is 2.16 bits per heavy atom. The molecule has 130 valence electrons. The average molecular weight is 336 g/mol. The highest BCUT2D eigenvalue weighted by atomic mass is 16.1. The monoisotopic (exact) mass is 336 g/mol. The number of aliphatic imine (C=N–C) groups is 1. The molecule has 0 amide bonds. The molecule has 5 heteroatoms. The number of fused-ring (bicyclic) bond motifs is 1. The zero-order valence-corrected chi connectivity index (χ0v) is 15.1. The maximum Gasteiger partial charge on any atom is 0.251 e. The van der Waals surface area contributed by atoms with Gasteiger partial charge in [-0.05, 0) is 43.4 Å². The van der Waals surface area contributed by atoms with Crippen molar-refractivity contribution >= 4 is 16.7 Å². The molecule has 2 heterocycles. The van der Waals surface area contributed by atoms with Crippen LogP contribution in [0.4, 0.5) is 0 Å². The number of H-pyrrole nitrogens is 1. The Hall–Kier alpha value is -2.61. The lowest BCUT2D eigenvalue weighted by molar-refractivity contribution is 0.461. The fourth-order valence-electron chi connectivity index (χ4n) is 3.41. The number of benzene rings is 1. The van der Waals surface area contributed by atoms with Crippen molar-refractivity contribution in [1.29, 1.82) is 5.26 Å². The summed E-state index contributed by atoms with van der Waals surface area (Å²) in [4.78, 5) is 21.9. The number of aromatic amines is 1. The second kappa shape index (κ2) is 6.72. The van der Waals surface area contributed by atoms with Crippen LogP contribution in [0.15, 0.2) is 34.1 Å².